The molecular weight excluding hydrogens is 543 g/mol. The van der Waals surface area contributed by atoms with Crippen molar-refractivity contribution < 1.29 is 9.18 Å². The van der Waals surface area contributed by atoms with Crippen LogP contribution in [0, 0.1) is 11.7 Å². The number of nitrogens with one attached hydrogen (secondary N) is 4. The summed E-state index contributed by atoms with van der Waals surface area (Å²) in [7, 11) is 4.01. The number of carbonyl (C=O) groups excluding carboxylic acids is 1. The highest BCUT2D eigenvalue weighted by Gasteiger charge is 2.29. The van der Waals surface area contributed by atoms with Gasteiger partial charge in [0.1, 0.15) is 11.5 Å². The summed E-state index contributed by atoms with van der Waals surface area (Å²) in [6.45, 7) is 1.54. The van der Waals surface area contributed by atoms with Crippen LogP contribution in [0.2, 0.25) is 0 Å². The largest absolute Gasteiger partial charge is 0.384 e. The molecule has 0 spiro atoms. The molecule has 9 nitrogen and oxygen atoms in total. The number of likely N-dealkylation sites (N-methyl/N-ethyl adjacent to an activating group) is 1. The summed E-state index contributed by atoms with van der Waals surface area (Å²) in [5, 5.41) is 15.9. The number of amides is 1. The van der Waals surface area contributed by atoms with Crippen LogP contribution in [0.4, 0.5) is 15.8 Å². The van der Waals surface area contributed by atoms with Gasteiger partial charge in [-0.25, -0.2) is 4.39 Å². The molecule has 1 fully saturated rings. The number of aromatic amines is 2. The zero-order valence-electron chi connectivity index (χ0n) is 23.9. The molecule has 4 heterocycles. The van der Waals surface area contributed by atoms with Gasteiger partial charge in [0.15, 0.2) is 0 Å². The topological polar surface area (TPSA) is 115 Å². The summed E-state index contributed by atoms with van der Waals surface area (Å²) in [4.78, 5) is 26.6. The average Bonchev–Trinajstić information content (AvgIpc) is 3.62. The van der Waals surface area contributed by atoms with Crippen LogP contribution in [0.1, 0.15) is 12.8 Å². The van der Waals surface area contributed by atoms with Crippen molar-refractivity contribution in [3.63, 3.8) is 0 Å². The first-order chi connectivity index (χ1) is 20.9. The molecule has 1 amide bonds. The van der Waals surface area contributed by atoms with E-state index < -0.39 is 0 Å². The minimum Gasteiger partial charge on any atom is -0.384 e. The third kappa shape index (κ3) is 5.56. The highest BCUT2D eigenvalue weighted by Crippen LogP contribution is 2.36. The van der Waals surface area contributed by atoms with E-state index in [-0.39, 0.29) is 17.6 Å². The molecule has 6 aromatic rings. The molecule has 2 aromatic carbocycles. The Hall–Kier alpha value is -5.09. The van der Waals surface area contributed by atoms with Crippen LogP contribution in [0.5, 0.6) is 0 Å². The first-order valence-electron chi connectivity index (χ1n) is 14.3. The van der Waals surface area contributed by atoms with E-state index in [9.17, 15) is 9.18 Å². The van der Waals surface area contributed by atoms with E-state index in [0.717, 1.165) is 80.5 Å². The Morgan fingerprint density at radius 1 is 0.907 bits per heavy atom. The lowest BCUT2D eigenvalue weighted by Crippen LogP contribution is -2.20. The van der Waals surface area contributed by atoms with Crippen molar-refractivity contribution in [3.05, 3.63) is 79.1 Å². The molecule has 0 saturated heterocycles. The van der Waals surface area contributed by atoms with Gasteiger partial charge < -0.3 is 20.5 Å². The molecule has 10 heteroatoms. The Balaban J connectivity index is 1.23. The molecule has 0 atom stereocenters. The molecule has 0 unspecified atom stereocenters. The summed E-state index contributed by atoms with van der Waals surface area (Å²) in [5.74, 6) is -0.142. The maximum absolute atomic E-state index is 14.7. The smallest absolute Gasteiger partial charge is 0.227 e. The van der Waals surface area contributed by atoms with Crippen molar-refractivity contribution in [2.24, 2.45) is 5.92 Å². The zero-order chi connectivity index (χ0) is 29.5. The summed E-state index contributed by atoms with van der Waals surface area (Å²) in [6, 6.07) is 15.0. The van der Waals surface area contributed by atoms with Crippen LogP contribution in [0.15, 0.2) is 73.3 Å². The van der Waals surface area contributed by atoms with Gasteiger partial charge >= 0.3 is 0 Å². The summed E-state index contributed by atoms with van der Waals surface area (Å²) >= 11 is 0. The summed E-state index contributed by atoms with van der Waals surface area (Å²) in [5.41, 5.74) is 8.12. The Bertz CT molecular complexity index is 1970. The molecule has 1 aliphatic carbocycles. The Labute approximate surface area is 247 Å². The van der Waals surface area contributed by atoms with Gasteiger partial charge in [-0.05, 0) is 80.5 Å². The minimum atomic E-state index is -0.311. The Morgan fingerprint density at radius 2 is 1.74 bits per heavy atom. The molecule has 0 aliphatic heterocycles. The number of nitrogens with zero attached hydrogens (tertiary/aromatic N) is 4. The zero-order valence-corrected chi connectivity index (χ0v) is 23.9. The lowest BCUT2D eigenvalue weighted by molar-refractivity contribution is -0.117. The number of aromatic nitrogens is 5. The molecule has 7 rings (SSSR count). The van der Waals surface area contributed by atoms with Gasteiger partial charge in [-0.15, -0.1) is 0 Å². The molecule has 1 aliphatic rings. The van der Waals surface area contributed by atoms with E-state index in [4.69, 9.17) is 0 Å². The normalized spacial score (nSPS) is 13.2. The number of hydrogen-bond donors (Lipinski definition) is 4. The molecule has 43 heavy (non-hydrogen) atoms. The van der Waals surface area contributed by atoms with Crippen LogP contribution in [-0.2, 0) is 4.79 Å². The molecule has 0 bridgehead atoms. The first kappa shape index (κ1) is 26.8. The van der Waals surface area contributed by atoms with Crippen molar-refractivity contribution >= 4 is 39.1 Å². The number of fused-ring (bicyclic) bond motifs is 2. The van der Waals surface area contributed by atoms with E-state index in [0.29, 0.717) is 12.2 Å². The number of rotatable bonds is 9. The molecule has 1 saturated carbocycles. The predicted octanol–water partition coefficient (Wildman–Crippen LogP) is 6.30. The molecule has 4 aromatic heterocycles. The van der Waals surface area contributed by atoms with Crippen molar-refractivity contribution in [1.82, 2.24) is 30.0 Å². The standard InChI is InChI=1S/C33H31FN8O/c1-42(2)8-7-37-24-10-21(9-23(34)13-24)28-17-36-18-31-26(28)14-30(39-31)32-27-12-20(5-6-29(27)40-41-32)22-11-25(16-35-15-22)38-33(43)19-3-4-19/h5-6,9-19,37,39H,3-4,7-8H2,1-2H3,(H,38,43)(H,40,41). The Kier molecular flexibility index (Phi) is 6.83. The highest BCUT2D eigenvalue weighted by molar-refractivity contribution is 6.02. The lowest BCUT2D eigenvalue weighted by Gasteiger charge is -2.13. The fourth-order valence-electron chi connectivity index (χ4n) is 5.33. The quantitative estimate of drug-likeness (QED) is 0.161. The molecule has 216 valence electrons. The lowest BCUT2D eigenvalue weighted by atomic mass is 10.0. The Morgan fingerprint density at radius 3 is 2.58 bits per heavy atom. The fraction of sp³-hybridized carbons (Fsp3) is 0.212. The van der Waals surface area contributed by atoms with E-state index in [1.54, 1.807) is 24.8 Å². The second-order valence-corrected chi connectivity index (χ2v) is 11.3. The van der Waals surface area contributed by atoms with Crippen LogP contribution < -0.4 is 10.6 Å². The minimum absolute atomic E-state index is 0.0502. The van der Waals surface area contributed by atoms with Gasteiger partial charge in [-0.3, -0.25) is 19.9 Å². The number of hydrogen-bond acceptors (Lipinski definition) is 6. The van der Waals surface area contributed by atoms with Crippen LogP contribution in [-0.4, -0.2) is 63.1 Å². The number of H-pyrrole nitrogens is 2. The maximum Gasteiger partial charge on any atom is 0.227 e. The average molecular weight is 575 g/mol. The first-order valence-corrected chi connectivity index (χ1v) is 14.3. The second-order valence-electron chi connectivity index (χ2n) is 11.3. The number of anilines is 2. The van der Waals surface area contributed by atoms with Gasteiger partial charge in [0.05, 0.1) is 34.8 Å². The van der Waals surface area contributed by atoms with E-state index in [2.05, 4.69) is 46.7 Å². The van der Waals surface area contributed by atoms with E-state index in [1.807, 2.05) is 44.4 Å². The SMILES string of the molecule is CN(C)CCNc1cc(F)cc(-c2cncc3[nH]c(-c4n[nH]c5ccc(-c6cncc(NC(=O)C7CC7)c6)cc45)cc23)c1. The number of pyridine rings is 2. The number of halogens is 1. The van der Waals surface area contributed by atoms with Crippen molar-refractivity contribution in [2.45, 2.75) is 12.8 Å². The second kappa shape index (κ2) is 11.0. The summed E-state index contributed by atoms with van der Waals surface area (Å²) < 4.78 is 14.7. The van der Waals surface area contributed by atoms with Gasteiger partial charge in [0, 0.05) is 59.0 Å². The molecule has 0 radical (unpaired) electrons. The molecular formula is C33H31FN8O. The van der Waals surface area contributed by atoms with E-state index >= 15 is 0 Å². The third-order valence-corrected chi connectivity index (χ3v) is 7.75. The predicted molar refractivity (Wildman–Crippen MR) is 168 cm³/mol. The van der Waals surface area contributed by atoms with Crippen molar-refractivity contribution in [3.8, 4) is 33.6 Å². The van der Waals surface area contributed by atoms with E-state index in [1.165, 1.54) is 12.1 Å². The van der Waals surface area contributed by atoms with Gasteiger partial charge in [-0.1, -0.05) is 6.07 Å². The van der Waals surface area contributed by atoms with Crippen molar-refractivity contribution in [1.29, 1.82) is 0 Å². The highest BCUT2D eigenvalue weighted by atomic mass is 19.1. The van der Waals surface area contributed by atoms with Crippen molar-refractivity contribution in [2.75, 3.05) is 37.8 Å². The van der Waals surface area contributed by atoms with Gasteiger partial charge in [0.2, 0.25) is 5.91 Å². The third-order valence-electron chi connectivity index (χ3n) is 7.75. The monoisotopic (exact) mass is 574 g/mol. The number of carbonyl (C=O) groups is 1. The van der Waals surface area contributed by atoms with Gasteiger partial charge in [-0.2, -0.15) is 5.10 Å². The number of benzene rings is 2. The molecule has 4 N–H and O–H groups in total. The van der Waals surface area contributed by atoms with Crippen LogP contribution >= 0.6 is 0 Å². The fourth-order valence-corrected chi connectivity index (χ4v) is 5.33. The van der Waals surface area contributed by atoms with Crippen LogP contribution in [0.25, 0.3) is 55.4 Å². The summed E-state index contributed by atoms with van der Waals surface area (Å²) in [6.07, 6.45) is 8.89. The van der Waals surface area contributed by atoms with Crippen LogP contribution in [0.3, 0.4) is 0 Å². The van der Waals surface area contributed by atoms with Gasteiger partial charge in [0.25, 0.3) is 0 Å². The maximum atomic E-state index is 14.7.